The lowest BCUT2D eigenvalue weighted by molar-refractivity contribution is -0.129. The van der Waals surface area contributed by atoms with Gasteiger partial charge < -0.3 is 21.1 Å². The molecule has 48 heavy (non-hydrogen) atoms. The molecule has 12 nitrogen and oxygen atoms in total. The van der Waals surface area contributed by atoms with Crippen molar-refractivity contribution in [1.29, 1.82) is 0 Å². The molecule has 3 atom stereocenters. The molecule has 0 bridgehead atoms. The third-order valence-corrected chi connectivity index (χ3v) is 11.0. The second kappa shape index (κ2) is 15.8. The van der Waals surface area contributed by atoms with Gasteiger partial charge in [-0.15, -0.1) is 11.3 Å². The van der Waals surface area contributed by atoms with Crippen LogP contribution in [0.15, 0.2) is 58.8 Å². The van der Waals surface area contributed by atoms with Crippen molar-refractivity contribution in [3.05, 3.63) is 75.2 Å². The van der Waals surface area contributed by atoms with Crippen molar-refractivity contribution < 1.29 is 27.9 Å². The number of hydrogen-bond donors (Lipinski definition) is 3. The molecule has 260 valence electrons. The molecule has 3 aromatic rings. The summed E-state index contributed by atoms with van der Waals surface area (Å²) in [6.45, 7) is 8.55. The van der Waals surface area contributed by atoms with E-state index in [1.54, 1.807) is 19.2 Å². The average molecular weight is 719 g/mol. The number of halogens is 1. The Morgan fingerprint density at radius 3 is 2.40 bits per heavy atom. The van der Waals surface area contributed by atoms with E-state index in [4.69, 9.17) is 17.3 Å². The number of urea groups is 1. The van der Waals surface area contributed by atoms with Gasteiger partial charge in [0.25, 0.3) is 5.91 Å². The summed E-state index contributed by atoms with van der Waals surface area (Å²) in [4.78, 5) is 47.1. The standard InChI is InChI=1S/C33H43ClN6O6S2/c1-20(2)15-38(48(45,46)25-11-12-26(34)27(35)14-25)17-29(41)28(13-23-9-7-6-8-10-23)37-32(43)31(21(3)4)40-18-30(42)39(33(40)44)16-24-19-47-22(5)36-24/h6-12,14,19-21,28-29,31,41H,13,15-18,35H2,1-5H3,(H,37,43)/t28-,29+,31-/m0/s1. The fourth-order valence-electron chi connectivity index (χ4n) is 5.65. The SMILES string of the molecule is Cc1nc(CN2C(=O)CN([C@H](C(=O)N[C@@H](Cc3ccccc3)[C@H](O)CN(CC(C)C)S(=O)(=O)c3ccc(Cl)c(N)c3)C(C)C)C2=O)cs1. The molecule has 0 saturated carbocycles. The number of nitrogens with two attached hydrogens (primary N) is 1. The fourth-order valence-corrected chi connectivity index (χ4v) is 8.02. The maximum absolute atomic E-state index is 14.0. The number of anilines is 1. The number of nitrogen functional groups attached to an aromatic ring is 1. The summed E-state index contributed by atoms with van der Waals surface area (Å²) in [6, 6.07) is 10.6. The second-order valence-electron chi connectivity index (χ2n) is 12.7. The lowest BCUT2D eigenvalue weighted by Gasteiger charge is -2.34. The molecule has 1 aliphatic rings. The number of rotatable bonds is 15. The molecule has 0 aliphatic carbocycles. The molecule has 0 unspecified atom stereocenters. The van der Waals surface area contributed by atoms with Gasteiger partial charge in [-0.25, -0.2) is 18.2 Å². The summed E-state index contributed by atoms with van der Waals surface area (Å²) >= 11 is 7.45. The number of nitrogens with one attached hydrogen (secondary N) is 1. The highest BCUT2D eigenvalue weighted by Gasteiger charge is 2.44. The number of amides is 4. The van der Waals surface area contributed by atoms with Crippen LogP contribution in [-0.4, -0.2) is 88.3 Å². The van der Waals surface area contributed by atoms with E-state index in [9.17, 15) is 27.9 Å². The minimum absolute atomic E-state index is 0.000282. The molecule has 4 rings (SSSR count). The summed E-state index contributed by atoms with van der Waals surface area (Å²) < 4.78 is 28.8. The predicted molar refractivity (Wildman–Crippen MR) is 186 cm³/mol. The third-order valence-electron chi connectivity index (χ3n) is 7.96. The van der Waals surface area contributed by atoms with E-state index in [0.29, 0.717) is 5.69 Å². The molecule has 4 amide bonds. The Labute approximate surface area is 290 Å². The normalized spacial score (nSPS) is 15.9. The fraction of sp³-hybridized carbons (Fsp3) is 0.455. The van der Waals surface area contributed by atoms with E-state index in [0.717, 1.165) is 15.5 Å². The number of hydrogen-bond acceptors (Lipinski definition) is 9. The van der Waals surface area contributed by atoms with Gasteiger partial charge >= 0.3 is 6.03 Å². The molecular formula is C33H43ClN6O6S2. The number of carbonyl (C=O) groups excluding carboxylic acids is 3. The first-order valence-electron chi connectivity index (χ1n) is 15.7. The Hall–Kier alpha value is -3.56. The molecule has 2 aromatic carbocycles. The molecular weight excluding hydrogens is 676 g/mol. The van der Waals surface area contributed by atoms with Crippen LogP contribution in [0.25, 0.3) is 0 Å². The first kappa shape index (κ1) is 37.3. The van der Waals surface area contributed by atoms with Crippen LogP contribution >= 0.6 is 22.9 Å². The monoisotopic (exact) mass is 718 g/mol. The average Bonchev–Trinajstić information content (AvgIpc) is 3.55. The van der Waals surface area contributed by atoms with E-state index in [1.165, 1.54) is 38.7 Å². The van der Waals surface area contributed by atoms with Gasteiger partial charge in [0.15, 0.2) is 0 Å². The summed E-state index contributed by atoms with van der Waals surface area (Å²) in [5.41, 5.74) is 7.40. The van der Waals surface area contributed by atoms with Crippen molar-refractivity contribution in [2.24, 2.45) is 11.8 Å². The van der Waals surface area contributed by atoms with Crippen molar-refractivity contribution in [1.82, 2.24) is 24.4 Å². The topological polar surface area (TPSA) is 166 Å². The zero-order valence-electron chi connectivity index (χ0n) is 27.7. The van der Waals surface area contributed by atoms with Gasteiger partial charge in [0.1, 0.15) is 12.6 Å². The molecule has 2 heterocycles. The lowest BCUT2D eigenvalue weighted by atomic mass is 9.97. The summed E-state index contributed by atoms with van der Waals surface area (Å²) in [6.07, 6.45) is -1.19. The molecule has 0 radical (unpaired) electrons. The number of aliphatic hydroxyl groups is 1. The zero-order valence-corrected chi connectivity index (χ0v) is 30.1. The van der Waals surface area contributed by atoms with Crippen molar-refractivity contribution >= 4 is 56.5 Å². The highest BCUT2D eigenvalue weighted by atomic mass is 35.5. The molecule has 15 heteroatoms. The smallest absolute Gasteiger partial charge is 0.328 e. The first-order chi connectivity index (χ1) is 22.6. The van der Waals surface area contributed by atoms with E-state index in [-0.39, 0.29) is 54.1 Å². The van der Waals surface area contributed by atoms with Crippen molar-refractivity contribution in [2.75, 3.05) is 25.4 Å². The Bertz CT molecular complexity index is 1720. The van der Waals surface area contributed by atoms with E-state index >= 15 is 0 Å². The highest BCUT2D eigenvalue weighted by Crippen LogP contribution is 2.26. The largest absolute Gasteiger partial charge is 0.397 e. The Balaban J connectivity index is 1.60. The number of aryl methyl sites for hydroxylation is 1. The third kappa shape index (κ3) is 8.91. The Morgan fingerprint density at radius 2 is 1.81 bits per heavy atom. The number of thiazole rings is 1. The van der Waals surface area contributed by atoms with E-state index in [1.807, 2.05) is 51.1 Å². The van der Waals surface area contributed by atoms with Gasteiger partial charge in [0.05, 0.1) is 45.0 Å². The maximum atomic E-state index is 14.0. The van der Waals surface area contributed by atoms with Crippen LogP contribution in [0.5, 0.6) is 0 Å². The van der Waals surface area contributed by atoms with Crippen LogP contribution in [0.2, 0.25) is 5.02 Å². The minimum Gasteiger partial charge on any atom is -0.397 e. The number of benzene rings is 2. The number of imide groups is 1. The highest BCUT2D eigenvalue weighted by molar-refractivity contribution is 7.89. The van der Waals surface area contributed by atoms with E-state index < -0.39 is 52.0 Å². The lowest BCUT2D eigenvalue weighted by Crippen LogP contribution is -2.57. The molecule has 4 N–H and O–H groups in total. The summed E-state index contributed by atoms with van der Waals surface area (Å²) in [7, 11) is -4.13. The molecule has 1 aromatic heterocycles. The molecule has 1 aliphatic heterocycles. The summed E-state index contributed by atoms with van der Waals surface area (Å²) in [5, 5.41) is 17.4. The number of sulfonamides is 1. The van der Waals surface area contributed by atoms with Gasteiger partial charge in [0.2, 0.25) is 15.9 Å². The van der Waals surface area contributed by atoms with Crippen molar-refractivity contribution in [3.8, 4) is 0 Å². The zero-order chi connectivity index (χ0) is 35.3. The number of carbonyl (C=O) groups is 3. The maximum Gasteiger partial charge on any atom is 0.328 e. The van der Waals surface area contributed by atoms with E-state index in [2.05, 4.69) is 10.3 Å². The van der Waals surface area contributed by atoms with Crippen LogP contribution < -0.4 is 11.1 Å². The minimum atomic E-state index is -4.13. The molecule has 1 fully saturated rings. The predicted octanol–water partition coefficient (Wildman–Crippen LogP) is 3.91. The van der Waals surface area contributed by atoms with Gasteiger partial charge in [-0.3, -0.25) is 14.5 Å². The first-order valence-corrected chi connectivity index (χ1v) is 18.4. The van der Waals surface area contributed by atoms with Crippen LogP contribution in [0.1, 0.15) is 44.0 Å². The number of aromatic nitrogens is 1. The van der Waals surface area contributed by atoms with Crippen molar-refractivity contribution in [2.45, 2.75) is 70.7 Å². The number of nitrogens with zero attached hydrogens (tertiary/aromatic N) is 4. The van der Waals surface area contributed by atoms with Gasteiger partial charge in [-0.1, -0.05) is 69.6 Å². The Kier molecular flexibility index (Phi) is 12.2. The second-order valence-corrected chi connectivity index (χ2v) is 16.1. The van der Waals surface area contributed by atoms with Gasteiger partial charge in [-0.05, 0) is 48.9 Å². The number of aliphatic hydroxyl groups excluding tert-OH is 1. The Morgan fingerprint density at radius 1 is 1.12 bits per heavy atom. The van der Waals surface area contributed by atoms with Gasteiger partial charge in [0, 0.05) is 18.5 Å². The van der Waals surface area contributed by atoms with Crippen LogP contribution in [0.3, 0.4) is 0 Å². The molecule has 1 saturated heterocycles. The van der Waals surface area contributed by atoms with Gasteiger partial charge in [-0.2, -0.15) is 4.31 Å². The van der Waals surface area contributed by atoms with Crippen LogP contribution in [0.4, 0.5) is 10.5 Å². The quantitative estimate of drug-likeness (QED) is 0.157. The van der Waals surface area contributed by atoms with Crippen LogP contribution in [0, 0.1) is 18.8 Å². The molecule has 0 spiro atoms. The summed E-state index contributed by atoms with van der Waals surface area (Å²) in [5.74, 6) is -1.51. The van der Waals surface area contributed by atoms with Crippen molar-refractivity contribution in [3.63, 3.8) is 0 Å². The van der Waals surface area contributed by atoms with Crippen LogP contribution in [-0.2, 0) is 32.6 Å².